The van der Waals surface area contributed by atoms with Gasteiger partial charge in [0.1, 0.15) is 0 Å². The zero-order valence-electron chi connectivity index (χ0n) is 8.44. The van der Waals surface area contributed by atoms with Crippen LogP contribution in [0.25, 0.3) is 0 Å². The molecule has 3 nitrogen and oxygen atoms in total. The molecule has 0 aliphatic carbocycles. The lowest BCUT2D eigenvalue weighted by Gasteiger charge is -2.18. The quantitative estimate of drug-likeness (QED) is 0.729. The Kier molecular flexibility index (Phi) is 4.62. The Morgan fingerprint density at radius 2 is 2.50 bits per heavy atom. The number of nitrogens with zero attached hydrogens (tertiary/aromatic N) is 2. The van der Waals surface area contributed by atoms with Gasteiger partial charge in [-0.3, -0.25) is 0 Å². The van der Waals surface area contributed by atoms with Gasteiger partial charge in [-0.15, -0.1) is 17.9 Å². The predicted octanol–water partition coefficient (Wildman–Crippen LogP) is 1.69. The van der Waals surface area contributed by atoms with Gasteiger partial charge in [0.25, 0.3) is 0 Å². The fraction of sp³-hybridized carbons (Fsp3) is 0.500. The Morgan fingerprint density at radius 3 is 3.00 bits per heavy atom. The Labute approximate surface area is 88.7 Å². The first kappa shape index (κ1) is 11.2. The molecule has 0 aliphatic heterocycles. The molecule has 1 rings (SSSR count). The van der Waals surface area contributed by atoms with E-state index in [1.807, 2.05) is 11.0 Å². The molecular weight excluding hydrogens is 196 g/mol. The Hall–Kier alpha value is -0.870. The van der Waals surface area contributed by atoms with Crippen LogP contribution < -0.4 is 4.90 Å². The summed E-state index contributed by atoms with van der Waals surface area (Å²) in [6.07, 6.45) is 2.78. The zero-order chi connectivity index (χ0) is 10.4. The van der Waals surface area contributed by atoms with Crippen molar-refractivity contribution in [1.29, 1.82) is 0 Å². The second-order valence-corrected chi connectivity index (χ2v) is 3.77. The summed E-state index contributed by atoms with van der Waals surface area (Å²) in [5.41, 5.74) is 1.11. The summed E-state index contributed by atoms with van der Waals surface area (Å²) < 4.78 is 0. The van der Waals surface area contributed by atoms with Crippen molar-refractivity contribution in [1.82, 2.24) is 4.98 Å². The van der Waals surface area contributed by atoms with Gasteiger partial charge in [-0.1, -0.05) is 13.0 Å². The van der Waals surface area contributed by atoms with Crippen LogP contribution in [0.5, 0.6) is 0 Å². The fourth-order valence-electron chi connectivity index (χ4n) is 1.15. The number of aryl methyl sites for hydroxylation is 1. The zero-order valence-corrected chi connectivity index (χ0v) is 9.26. The van der Waals surface area contributed by atoms with E-state index in [9.17, 15) is 0 Å². The van der Waals surface area contributed by atoms with Crippen molar-refractivity contribution in [2.45, 2.75) is 13.3 Å². The first-order chi connectivity index (χ1) is 6.81. The summed E-state index contributed by atoms with van der Waals surface area (Å²) in [5, 5.41) is 11.9. The largest absolute Gasteiger partial charge is 0.395 e. The molecule has 1 N–H and O–H groups in total. The average Bonchev–Trinajstić information content (AvgIpc) is 2.65. The maximum atomic E-state index is 8.89. The van der Waals surface area contributed by atoms with Crippen molar-refractivity contribution >= 4 is 16.5 Å². The van der Waals surface area contributed by atoms with Crippen LogP contribution in [0.3, 0.4) is 0 Å². The van der Waals surface area contributed by atoms with Gasteiger partial charge in [-0.25, -0.2) is 4.98 Å². The van der Waals surface area contributed by atoms with Crippen molar-refractivity contribution in [2.24, 2.45) is 0 Å². The SMILES string of the molecule is C=CCN(CCO)c1nc(CC)cs1. The highest BCUT2D eigenvalue weighted by Gasteiger charge is 2.08. The molecule has 4 heteroatoms. The van der Waals surface area contributed by atoms with E-state index in [2.05, 4.69) is 23.9 Å². The summed E-state index contributed by atoms with van der Waals surface area (Å²) in [4.78, 5) is 6.48. The van der Waals surface area contributed by atoms with Crippen LogP contribution in [0.15, 0.2) is 18.0 Å². The topological polar surface area (TPSA) is 36.4 Å². The van der Waals surface area contributed by atoms with Crippen LogP contribution in [0.1, 0.15) is 12.6 Å². The molecule has 0 aromatic carbocycles. The molecule has 0 bridgehead atoms. The van der Waals surface area contributed by atoms with E-state index in [1.165, 1.54) is 0 Å². The van der Waals surface area contributed by atoms with Crippen molar-refractivity contribution in [3.8, 4) is 0 Å². The average molecular weight is 212 g/mol. The van der Waals surface area contributed by atoms with Crippen LogP contribution >= 0.6 is 11.3 Å². The van der Waals surface area contributed by atoms with E-state index in [-0.39, 0.29) is 6.61 Å². The van der Waals surface area contributed by atoms with Gasteiger partial charge in [0.2, 0.25) is 0 Å². The number of hydrogen-bond acceptors (Lipinski definition) is 4. The van der Waals surface area contributed by atoms with Crippen LogP contribution in [-0.4, -0.2) is 29.8 Å². The lowest BCUT2D eigenvalue weighted by Crippen LogP contribution is -2.26. The van der Waals surface area contributed by atoms with Gasteiger partial charge < -0.3 is 10.0 Å². The standard InChI is InChI=1S/C10H16N2OS/c1-3-5-12(6-7-13)10-11-9(4-2)8-14-10/h3,8,13H,1,4-7H2,2H3. The summed E-state index contributed by atoms with van der Waals surface area (Å²) in [7, 11) is 0. The smallest absolute Gasteiger partial charge is 0.185 e. The van der Waals surface area contributed by atoms with E-state index >= 15 is 0 Å². The minimum Gasteiger partial charge on any atom is -0.395 e. The first-order valence-corrected chi connectivity index (χ1v) is 5.60. The molecule has 1 heterocycles. The van der Waals surface area contributed by atoms with Gasteiger partial charge in [0, 0.05) is 18.5 Å². The molecule has 0 amide bonds. The van der Waals surface area contributed by atoms with Crippen LogP contribution in [0.2, 0.25) is 0 Å². The van der Waals surface area contributed by atoms with Crippen LogP contribution in [0.4, 0.5) is 5.13 Å². The normalized spacial score (nSPS) is 10.1. The highest BCUT2D eigenvalue weighted by Crippen LogP contribution is 2.20. The Balaban J connectivity index is 2.70. The van der Waals surface area contributed by atoms with Crippen molar-refractivity contribution < 1.29 is 5.11 Å². The maximum Gasteiger partial charge on any atom is 0.185 e. The third-order valence-electron chi connectivity index (χ3n) is 1.89. The molecule has 0 unspecified atom stereocenters. The summed E-state index contributed by atoms with van der Waals surface area (Å²) in [6.45, 7) is 7.27. The Bertz CT molecular complexity index is 285. The molecular formula is C10H16N2OS. The Morgan fingerprint density at radius 1 is 1.71 bits per heavy atom. The molecule has 14 heavy (non-hydrogen) atoms. The number of aliphatic hydroxyl groups is 1. The second-order valence-electron chi connectivity index (χ2n) is 2.93. The van der Waals surface area contributed by atoms with E-state index in [0.29, 0.717) is 6.54 Å². The van der Waals surface area contributed by atoms with E-state index < -0.39 is 0 Å². The van der Waals surface area contributed by atoms with Gasteiger partial charge in [0.15, 0.2) is 5.13 Å². The number of anilines is 1. The minimum atomic E-state index is 0.148. The third-order valence-corrected chi connectivity index (χ3v) is 2.84. The van der Waals surface area contributed by atoms with Crippen molar-refractivity contribution in [3.63, 3.8) is 0 Å². The second kappa shape index (κ2) is 5.78. The molecule has 0 fully saturated rings. The number of hydrogen-bond donors (Lipinski definition) is 1. The molecule has 1 aromatic heterocycles. The van der Waals surface area contributed by atoms with Crippen LogP contribution in [0, 0.1) is 0 Å². The minimum absolute atomic E-state index is 0.148. The number of thiazole rings is 1. The number of aliphatic hydroxyl groups excluding tert-OH is 1. The molecule has 0 aliphatic rings. The van der Waals surface area contributed by atoms with Crippen LogP contribution in [-0.2, 0) is 6.42 Å². The summed E-state index contributed by atoms with van der Waals surface area (Å²) in [6, 6.07) is 0. The summed E-state index contributed by atoms with van der Waals surface area (Å²) >= 11 is 1.62. The van der Waals surface area contributed by atoms with Gasteiger partial charge in [0.05, 0.1) is 12.3 Å². The maximum absolute atomic E-state index is 8.89. The molecule has 78 valence electrons. The molecule has 1 aromatic rings. The third kappa shape index (κ3) is 2.82. The first-order valence-electron chi connectivity index (χ1n) is 4.73. The monoisotopic (exact) mass is 212 g/mol. The van der Waals surface area contributed by atoms with Gasteiger partial charge >= 0.3 is 0 Å². The predicted molar refractivity (Wildman–Crippen MR) is 61.0 cm³/mol. The van der Waals surface area contributed by atoms with Crippen molar-refractivity contribution in [3.05, 3.63) is 23.7 Å². The van der Waals surface area contributed by atoms with Gasteiger partial charge in [-0.2, -0.15) is 0 Å². The summed E-state index contributed by atoms with van der Waals surface area (Å²) in [5.74, 6) is 0. The van der Waals surface area contributed by atoms with E-state index in [0.717, 1.165) is 23.8 Å². The molecule has 0 saturated carbocycles. The lowest BCUT2D eigenvalue weighted by atomic mass is 10.4. The van der Waals surface area contributed by atoms with Crippen molar-refractivity contribution in [2.75, 3.05) is 24.6 Å². The molecule has 0 saturated heterocycles. The number of aromatic nitrogens is 1. The van der Waals surface area contributed by atoms with Gasteiger partial charge in [-0.05, 0) is 6.42 Å². The molecule has 0 atom stereocenters. The lowest BCUT2D eigenvalue weighted by molar-refractivity contribution is 0.303. The molecule has 0 spiro atoms. The highest BCUT2D eigenvalue weighted by atomic mass is 32.1. The fourth-order valence-corrected chi connectivity index (χ4v) is 2.09. The van der Waals surface area contributed by atoms with E-state index in [1.54, 1.807) is 11.3 Å². The highest BCUT2D eigenvalue weighted by molar-refractivity contribution is 7.13. The number of rotatable bonds is 6. The van der Waals surface area contributed by atoms with E-state index in [4.69, 9.17) is 5.11 Å². The molecule has 0 radical (unpaired) electrons.